The fraction of sp³-hybridized carbons (Fsp3) is 0.158. The van der Waals surface area contributed by atoms with E-state index in [1.54, 1.807) is 37.3 Å². The topological polar surface area (TPSA) is 66.8 Å². The normalized spacial score (nSPS) is 17.9. The first-order valence-corrected chi connectivity index (χ1v) is 10.4. The molecular weight excluding hydrogens is 387 g/mol. The molecule has 0 bridgehead atoms. The van der Waals surface area contributed by atoms with E-state index >= 15 is 0 Å². The number of carbonyl (C=O) groups excluding carboxylic acids is 1. The molecule has 2 aromatic rings. The molecule has 1 saturated heterocycles. The summed E-state index contributed by atoms with van der Waals surface area (Å²) in [5.41, 5.74) is 1.18. The molecule has 0 radical (unpaired) electrons. The van der Waals surface area contributed by atoms with E-state index in [-0.39, 0.29) is 27.1 Å². The summed E-state index contributed by atoms with van der Waals surface area (Å²) < 4.78 is 42.9. The molecule has 1 aliphatic heterocycles. The highest BCUT2D eigenvalue weighted by Gasteiger charge is 2.34. The second-order valence-corrected chi connectivity index (χ2v) is 8.46. The number of hydrogen-bond donors (Lipinski definition) is 0. The Morgan fingerprint density at radius 1 is 1.15 bits per heavy atom. The number of nitrogens with zero attached hydrogens (tertiary/aromatic N) is 2. The number of benzene rings is 2. The van der Waals surface area contributed by atoms with Crippen molar-refractivity contribution < 1.29 is 17.6 Å². The van der Waals surface area contributed by atoms with Gasteiger partial charge in [0.15, 0.2) is 5.17 Å². The maximum absolute atomic E-state index is 13.9. The number of hydrogen-bond acceptors (Lipinski definition) is 4. The summed E-state index contributed by atoms with van der Waals surface area (Å²) in [5.74, 6) is -0.859. The standard InChI is InChI=1S/C19H17FN2O3S2/c1-3-22-18(23)17(12-14-6-4-5-7-16(14)20)26-19(22)21-27(24,25)15-10-8-13(2)9-11-15/h4-12H,3H2,1-2H3/b17-12-,21-19?. The zero-order valence-corrected chi connectivity index (χ0v) is 16.3. The van der Waals surface area contributed by atoms with Gasteiger partial charge in [0, 0.05) is 12.1 Å². The van der Waals surface area contributed by atoms with Crippen LogP contribution in [0, 0.1) is 12.7 Å². The summed E-state index contributed by atoms with van der Waals surface area (Å²) >= 11 is 0.921. The van der Waals surface area contributed by atoms with Gasteiger partial charge in [-0.1, -0.05) is 35.9 Å². The van der Waals surface area contributed by atoms with Crippen molar-refractivity contribution in [3.63, 3.8) is 0 Å². The van der Waals surface area contributed by atoms with E-state index in [1.807, 2.05) is 6.92 Å². The average Bonchev–Trinajstić information content (AvgIpc) is 2.91. The Morgan fingerprint density at radius 3 is 2.44 bits per heavy atom. The van der Waals surface area contributed by atoms with Gasteiger partial charge >= 0.3 is 0 Å². The van der Waals surface area contributed by atoms with Gasteiger partial charge in [-0.3, -0.25) is 9.69 Å². The van der Waals surface area contributed by atoms with Crippen LogP contribution in [0.2, 0.25) is 0 Å². The third-order valence-corrected chi connectivity index (χ3v) is 6.32. The van der Waals surface area contributed by atoms with Crippen molar-refractivity contribution in [2.24, 2.45) is 4.40 Å². The van der Waals surface area contributed by atoms with Crippen molar-refractivity contribution in [1.29, 1.82) is 0 Å². The molecule has 0 unspecified atom stereocenters. The minimum absolute atomic E-state index is 0.0521. The Bertz CT molecular complexity index is 1040. The van der Waals surface area contributed by atoms with Crippen LogP contribution in [0.15, 0.2) is 62.7 Å². The van der Waals surface area contributed by atoms with Crippen LogP contribution < -0.4 is 0 Å². The van der Waals surface area contributed by atoms with Crippen molar-refractivity contribution in [1.82, 2.24) is 4.90 Å². The summed E-state index contributed by atoms with van der Waals surface area (Å²) in [4.78, 5) is 14.1. The Balaban J connectivity index is 1.98. The molecule has 1 fully saturated rings. The predicted molar refractivity (Wildman–Crippen MR) is 105 cm³/mol. The summed E-state index contributed by atoms with van der Waals surface area (Å²) in [5, 5.41) is 0.0608. The molecule has 1 amide bonds. The molecule has 0 atom stereocenters. The van der Waals surface area contributed by atoms with Crippen molar-refractivity contribution in [2.75, 3.05) is 6.54 Å². The SMILES string of the molecule is CCN1C(=O)/C(=C/c2ccccc2F)SC1=NS(=O)(=O)c1ccc(C)cc1. The fourth-order valence-electron chi connectivity index (χ4n) is 2.45. The Kier molecular flexibility index (Phi) is 5.48. The van der Waals surface area contributed by atoms with Crippen molar-refractivity contribution in [3.8, 4) is 0 Å². The highest BCUT2D eigenvalue weighted by atomic mass is 32.2. The third kappa shape index (κ3) is 4.12. The van der Waals surface area contributed by atoms with Crippen molar-refractivity contribution >= 4 is 38.9 Å². The van der Waals surface area contributed by atoms with Crippen LogP contribution in [0.3, 0.4) is 0 Å². The summed E-state index contributed by atoms with van der Waals surface area (Å²) in [6, 6.07) is 12.4. The van der Waals surface area contributed by atoms with E-state index in [0.29, 0.717) is 0 Å². The summed E-state index contributed by atoms with van der Waals surface area (Å²) in [7, 11) is -3.96. The third-order valence-electron chi connectivity index (χ3n) is 3.91. The molecule has 0 aromatic heterocycles. The Morgan fingerprint density at radius 2 is 1.81 bits per heavy atom. The van der Waals surface area contributed by atoms with Crippen LogP contribution in [-0.4, -0.2) is 30.9 Å². The summed E-state index contributed by atoms with van der Waals surface area (Å²) in [6.07, 6.45) is 1.41. The number of aryl methyl sites for hydroxylation is 1. The molecule has 0 spiro atoms. The van der Waals surface area contributed by atoms with E-state index in [4.69, 9.17) is 0 Å². The number of halogens is 1. The monoisotopic (exact) mass is 404 g/mol. The Hall–Kier alpha value is -2.45. The highest BCUT2D eigenvalue weighted by Crippen LogP contribution is 2.33. The van der Waals surface area contributed by atoms with E-state index in [1.165, 1.54) is 29.2 Å². The molecule has 0 N–H and O–H groups in total. The summed E-state index contributed by atoms with van der Waals surface area (Å²) in [6.45, 7) is 3.83. The first-order chi connectivity index (χ1) is 12.8. The number of carbonyl (C=O) groups is 1. The van der Waals surface area contributed by atoms with Crippen LogP contribution >= 0.6 is 11.8 Å². The predicted octanol–water partition coefficient (Wildman–Crippen LogP) is 3.82. The molecule has 27 heavy (non-hydrogen) atoms. The van der Waals surface area contributed by atoms with Gasteiger partial charge in [-0.2, -0.15) is 8.42 Å². The lowest BCUT2D eigenvalue weighted by atomic mass is 10.2. The second-order valence-electron chi connectivity index (χ2n) is 5.84. The lowest BCUT2D eigenvalue weighted by Crippen LogP contribution is -2.29. The Labute approximate surface area is 161 Å². The van der Waals surface area contributed by atoms with Gasteiger partial charge in [0.25, 0.3) is 15.9 Å². The molecule has 0 aliphatic carbocycles. The lowest BCUT2D eigenvalue weighted by Gasteiger charge is -2.12. The fourth-order valence-corrected chi connectivity index (χ4v) is 4.69. The van der Waals surface area contributed by atoms with E-state index < -0.39 is 21.7 Å². The highest BCUT2D eigenvalue weighted by molar-refractivity contribution is 8.19. The van der Waals surface area contributed by atoms with Crippen LogP contribution in [0.5, 0.6) is 0 Å². The van der Waals surface area contributed by atoms with E-state index in [9.17, 15) is 17.6 Å². The van der Waals surface area contributed by atoms with Crippen LogP contribution in [-0.2, 0) is 14.8 Å². The van der Waals surface area contributed by atoms with Crippen molar-refractivity contribution in [3.05, 3.63) is 70.4 Å². The second kappa shape index (κ2) is 7.66. The van der Waals surface area contributed by atoms with E-state index in [0.717, 1.165) is 17.3 Å². The minimum atomic E-state index is -3.96. The van der Waals surface area contributed by atoms with Gasteiger partial charge in [0.2, 0.25) is 0 Å². The van der Waals surface area contributed by atoms with Gasteiger partial charge in [-0.25, -0.2) is 4.39 Å². The van der Waals surface area contributed by atoms with Gasteiger partial charge in [-0.15, -0.1) is 4.40 Å². The number of amides is 1. The largest absolute Gasteiger partial charge is 0.286 e. The maximum atomic E-state index is 13.9. The molecule has 140 valence electrons. The lowest BCUT2D eigenvalue weighted by molar-refractivity contribution is -0.122. The zero-order valence-electron chi connectivity index (χ0n) is 14.7. The molecule has 1 aliphatic rings. The van der Waals surface area contributed by atoms with E-state index in [2.05, 4.69) is 4.40 Å². The van der Waals surface area contributed by atoms with Crippen molar-refractivity contribution in [2.45, 2.75) is 18.7 Å². The molecule has 0 saturated carbocycles. The molecular formula is C19H17FN2O3S2. The van der Waals surface area contributed by atoms with Crippen LogP contribution in [0.4, 0.5) is 4.39 Å². The number of rotatable bonds is 4. The quantitative estimate of drug-likeness (QED) is 0.727. The number of sulfonamides is 1. The van der Waals surface area contributed by atoms with Gasteiger partial charge in [0.05, 0.1) is 9.80 Å². The maximum Gasteiger partial charge on any atom is 0.284 e. The van der Waals surface area contributed by atoms with Gasteiger partial charge < -0.3 is 0 Å². The number of likely N-dealkylation sites (N-methyl/N-ethyl adjacent to an activating group) is 1. The molecule has 2 aromatic carbocycles. The molecule has 1 heterocycles. The first-order valence-electron chi connectivity index (χ1n) is 8.19. The van der Waals surface area contributed by atoms with Crippen LogP contribution in [0.1, 0.15) is 18.1 Å². The minimum Gasteiger partial charge on any atom is -0.286 e. The molecule has 8 heteroatoms. The first kappa shape index (κ1) is 19.3. The smallest absolute Gasteiger partial charge is 0.284 e. The number of thioether (sulfide) groups is 1. The van der Waals surface area contributed by atoms with Gasteiger partial charge in [-0.05, 0) is 49.9 Å². The van der Waals surface area contributed by atoms with Gasteiger partial charge in [0.1, 0.15) is 5.82 Å². The van der Waals surface area contributed by atoms with Crippen LogP contribution in [0.25, 0.3) is 6.08 Å². The average molecular weight is 404 g/mol. The number of amidine groups is 1. The zero-order chi connectivity index (χ0) is 19.6. The molecule has 5 nitrogen and oxygen atoms in total. The molecule has 3 rings (SSSR count).